The molecule has 3 heterocycles. The molecule has 2 saturated heterocycles. The highest BCUT2D eigenvalue weighted by atomic mass is 19.3. The van der Waals surface area contributed by atoms with Crippen molar-refractivity contribution in [1.82, 2.24) is 24.7 Å². The summed E-state index contributed by atoms with van der Waals surface area (Å²) in [5.41, 5.74) is 1.28. The fourth-order valence-corrected chi connectivity index (χ4v) is 4.31. The molecule has 2 aromatic rings. The smallest absolute Gasteiger partial charge is 0.295 e. The van der Waals surface area contributed by atoms with Crippen LogP contribution >= 0.6 is 0 Å². The predicted molar refractivity (Wildman–Crippen MR) is 108 cm³/mol. The highest BCUT2D eigenvalue weighted by Gasteiger charge is 2.28. The van der Waals surface area contributed by atoms with Crippen molar-refractivity contribution in [2.24, 2.45) is 0 Å². The van der Waals surface area contributed by atoms with Gasteiger partial charge in [-0.2, -0.15) is 0 Å². The lowest BCUT2D eigenvalue weighted by Gasteiger charge is -2.38. The van der Waals surface area contributed by atoms with E-state index in [9.17, 15) is 18.4 Å². The molecule has 1 aromatic carbocycles. The Labute approximate surface area is 174 Å². The first-order valence-electron chi connectivity index (χ1n) is 10.5. The van der Waals surface area contributed by atoms with E-state index in [1.165, 1.54) is 6.42 Å². The second-order valence-electron chi connectivity index (χ2n) is 8.15. The van der Waals surface area contributed by atoms with Crippen molar-refractivity contribution in [1.29, 1.82) is 0 Å². The molecular formula is C21H27F2N5O2. The number of likely N-dealkylation sites (tertiary alicyclic amines) is 1. The van der Waals surface area contributed by atoms with Gasteiger partial charge in [0.2, 0.25) is 5.91 Å². The third-order valence-electron chi connectivity index (χ3n) is 6.10. The normalized spacial score (nSPS) is 20.9. The molecule has 1 aromatic heterocycles. The minimum atomic E-state index is -2.68. The minimum absolute atomic E-state index is 0.138. The summed E-state index contributed by atoms with van der Waals surface area (Å²) in [6.07, 6.45) is 0.630. The van der Waals surface area contributed by atoms with Crippen molar-refractivity contribution in [3.8, 4) is 0 Å². The molecule has 0 spiro atoms. The topological polar surface area (TPSA) is 72.5 Å². The van der Waals surface area contributed by atoms with Gasteiger partial charge < -0.3 is 14.8 Å². The first kappa shape index (κ1) is 20.7. The third kappa shape index (κ3) is 4.30. The quantitative estimate of drug-likeness (QED) is 0.827. The van der Waals surface area contributed by atoms with E-state index in [0.29, 0.717) is 55.4 Å². The maximum atomic E-state index is 12.9. The standard InChI is InChI=1S/C21H27F2N5O2/c1-14-4-2-3-7-28(14)18(29)13-26-8-10-27(11-9-26)21(30)15-5-6-16-17(12-15)25-20(24-16)19(22)23/h5-6,12,14,19H,2-4,7-11,13H2,1H3,(H,24,25). The van der Waals surface area contributed by atoms with Gasteiger partial charge >= 0.3 is 0 Å². The SMILES string of the molecule is CC1CCCCN1C(=O)CN1CCN(C(=O)c2ccc3nc(C(F)F)[nH]c3c2)CC1. The number of carbonyl (C=O) groups is 2. The first-order chi connectivity index (χ1) is 14.4. The Hall–Kier alpha value is -2.55. The van der Waals surface area contributed by atoms with E-state index in [-0.39, 0.29) is 11.8 Å². The Balaban J connectivity index is 1.34. The van der Waals surface area contributed by atoms with E-state index in [0.717, 1.165) is 19.4 Å². The van der Waals surface area contributed by atoms with E-state index in [2.05, 4.69) is 21.8 Å². The number of rotatable bonds is 4. The van der Waals surface area contributed by atoms with Crippen molar-refractivity contribution in [3.63, 3.8) is 0 Å². The van der Waals surface area contributed by atoms with Crippen LogP contribution in [0.4, 0.5) is 8.78 Å². The van der Waals surface area contributed by atoms with Gasteiger partial charge in [-0.3, -0.25) is 14.5 Å². The number of aromatic nitrogens is 2. The molecule has 1 unspecified atom stereocenters. The Morgan fingerprint density at radius 3 is 2.63 bits per heavy atom. The number of hydrogen-bond acceptors (Lipinski definition) is 4. The molecule has 1 atom stereocenters. The lowest BCUT2D eigenvalue weighted by Crippen LogP contribution is -2.53. The predicted octanol–water partition coefficient (Wildman–Crippen LogP) is 2.66. The van der Waals surface area contributed by atoms with E-state index in [1.54, 1.807) is 23.1 Å². The van der Waals surface area contributed by atoms with Crippen LogP contribution in [0, 0.1) is 0 Å². The molecule has 1 N–H and O–H groups in total. The van der Waals surface area contributed by atoms with Crippen LogP contribution in [0.25, 0.3) is 11.0 Å². The van der Waals surface area contributed by atoms with Crippen LogP contribution in [0.1, 0.15) is 48.8 Å². The summed E-state index contributed by atoms with van der Waals surface area (Å²) < 4.78 is 25.6. The zero-order valence-corrected chi connectivity index (χ0v) is 17.1. The van der Waals surface area contributed by atoms with Crippen LogP contribution in [-0.2, 0) is 4.79 Å². The van der Waals surface area contributed by atoms with Crippen LogP contribution in [0.5, 0.6) is 0 Å². The molecule has 162 valence electrons. The molecule has 0 saturated carbocycles. The van der Waals surface area contributed by atoms with Gasteiger partial charge in [0.05, 0.1) is 17.6 Å². The molecule has 2 fully saturated rings. The number of halogens is 2. The summed E-state index contributed by atoms with van der Waals surface area (Å²) in [5.74, 6) is -0.363. The molecule has 4 rings (SSSR count). The van der Waals surface area contributed by atoms with Gasteiger partial charge in [-0.15, -0.1) is 0 Å². The van der Waals surface area contributed by atoms with Gasteiger partial charge in [0.25, 0.3) is 12.3 Å². The Morgan fingerprint density at radius 1 is 1.17 bits per heavy atom. The number of hydrogen-bond donors (Lipinski definition) is 1. The van der Waals surface area contributed by atoms with Gasteiger partial charge in [-0.1, -0.05) is 0 Å². The molecule has 2 aliphatic rings. The molecule has 0 radical (unpaired) electrons. The second-order valence-corrected chi connectivity index (χ2v) is 8.15. The molecule has 0 aliphatic carbocycles. The maximum absolute atomic E-state index is 12.9. The van der Waals surface area contributed by atoms with Gasteiger partial charge in [-0.25, -0.2) is 13.8 Å². The van der Waals surface area contributed by atoms with Gasteiger partial charge in [0.1, 0.15) is 0 Å². The number of benzene rings is 1. The number of piperazine rings is 1. The van der Waals surface area contributed by atoms with Crippen molar-refractivity contribution >= 4 is 22.8 Å². The van der Waals surface area contributed by atoms with Crippen LogP contribution in [0.3, 0.4) is 0 Å². The molecular weight excluding hydrogens is 392 g/mol. The third-order valence-corrected chi connectivity index (χ3v) is 6.10. The van der Waals surface area contributed by atoms with Gasteiger partial charge in [0.15, 0.2) is 5.82 Å². The van der Waals surface area contributed by atoms with Crippen LogP contribution in [-0.4, -0.2) is 81.8 Å². The summed E-state index contributed by atoms with van der Waals surface area (Å²) in [5, 5.41) is 0. The number of piperidine rings is 1. The van der Waals surface area contributed by atoms with Crippen molar-refractivity contribution in [2.45, 2.75) is 38.7 Å². The number of H-pyrrole nitrogens is 1. The number of nitrogens with zero attached hydrogens (tertiary/aromatic N) is 4. The maximum Gasteiger partial charge on any atom is 0.295 e. The first-order valence-corrected chi connectivity index (χ1v) is 10.5. The van der Waals surface area contributed by atoms with Crippen molar-refractivity contribution in [3.05, 3.63) is 29.6 Å². The number of carbonyl (C=O) groups excluding carboxylic acids is 2. The Kier molecular flexibility index (Phi) is 5.99. The van der Waals surface area contributed by atoms with Crippen molar-refractivity contribution in [2.75, 3.05) is 39.3 Å². The number of aromatic amines is 1. The molecule has 30 heavy (non-hydrogen) atoms. The lowest BCUT2D eigenvalue weighted by atomic mass is 10.0. The van der Waals surface area contributed by atoms with Crippen LogP contribution in [0.2, 0.25) is 0 Å². The number of amides is 2. The molecule has 7 nitrogen and oxygen atoms in total. The molecule has 2 amide bonds. The monoisotopic (exact) mass is 419 g/mol. The minimum Gasteiger partial charge on any atom is -0.339 e. The largest absolute Gasteiger partial charge is 0.339 e. The van der Waals surface area contributed by atoms with Crippen molar-refractivity contribution < 1.29 is 18.4 Å². The highest BCUT2D eigenvalue weighted by Crippen LogP contribution is 2.22. The summed E-state index contributed by atoms with van der Waals surface area (Å²) in [4.78, 5) is 37.7. The lowest BCUT2D eigenvalue weighted by molar-refractivity contribution is -0.136. The number of nitrogens with one attached hydrogen (secondary N) is 1. The molecule has 9 heteroatoms. The highest BCUT2D eigenvalue weighted by molar-refractivity contribution is 5.97. The fraction of sp³-hybridized carbons (Fsp3) is 0.571. The number of imidazole rings is 1. The second kappa shape index (κ2) is 8.67. The van der Waals surface area contributed by atoms with E-state index >= 15 is 0 Å². The summed E-state index contributed by atoms with van der Waals surface area (Å²) >= 11 is 0. The van der Waals surface area contributed by atoms with E-state index in [1.807, 2.05) is 4.90 Å². The van der Waals surface area contributed by atoms with E-state index in [4.69, 9.17) is 0 Å². The Morgan fingerprint density at radius 2 is 1.93 bits per heavy atom. The summed E-state index contributed by atoms with van der Waals surface area (Å²) in [6, 6.07) is 5.08. The summed E-state index contributed by atoms with van der Waals surface area (Å²) in [6.45, 7) is 5.68. The summed E-state index contributed by atoms with van der Waals surface area (Å²) in [7, 11) is 0. The average molecular weight is 419 g/mol. The zero-order chi connectivity index (χ0) is 21.3. The zero-order valence-electron chi connectivity index (χ0n) is 17.1. The average Bonchev–Trinajstić information content (AvgIpc) is 3.18. The van der Waals surface area contributed by atoms with Crippen LogP contribution in [0.15, 0.2) is 18.2 Å². The van der Waals surface area contributed by atoms with E-state index < -0.39 is 12.2 Å². The van der Waals surface area contributed by atoms with Crippen LogP contribution < -0.4 is 0 Å². The molecule has 0 bridgehead atoms. The van der Waals surface area contributed by atoms with Gasteiger partial charge in [0, 0.05) is 44.3 Å². The number of alkyl halides is 2. The number of fused-ring (bicyclic) bond motifs is 1. The fourth-order valence-electron chi connectivity index (χ4n) is 4.31. The Bertz CT molecular complexity index is 923. The molecule has 2 aliphatic heterocycles. The van der Waals surface area contributed by atoms with Gasteiger partial charge in [-0.05, 0) is 44.4 Å².